The van der Waals surface area contributed by atoms with Gasteiger partial charge < -0.3 is 4.90 Å². The maximum Gasteiger partial charge on any atom is 0.272 e. The smallest absolute Gasteiger partial charge is 0.272 e. The summed E-state index contributed by atoms with van der Waals surface area (Å²) < 4.78 is 28.6. The molecule has 3 rings (SSSR count). The fraction of sp³-hybridized carbons (Fsp3) is 0.375. The summed E-state index contributed by atoms with van der Waals surface area (Å²) in [4.78, 5) is 14.2. The SMILES string of the molecule is Cc1cc(C(=O)N2CCN(S(=O)(=O)c3c(Cl)cccc3Cl)CC2)n(C)n1. The van der Waals surface area contributed by atoms with Crippen molar-refractivity contribution in [2.45, 2.75) is 11.8 Å². The Balaban J connectivity index is 1.76. The fourth-order valence-electron chi connectivity index (χ4n) is 2.96. The van der Waals surface area contributed by atoms with Crippen LogP contribution in [0.2, 0.25) is 10.0 Å². The highest BCUT2D eigenvalue weighted by molar-refractivity contribution is 7.89. The van der Waals surface area contributed by atoms with Gasteiger partial charge in [-0.15, -0.1) is 0 Å². The lowest BCUT2D eigenvalue weighted by Crippen LogP contribution is -2.50. The third kappa shape index (κ3) is 3.46. The van der Waals surface area contributed by atoms with Crippen molar-refractivity contribution >= 4 is 39.1 Å². The van der Waals surface area contributed by atoms with Crippen LogP contribution in [0.1, 0.15) is 16.2 Å². The van der Waals surface area contributed by atoms with E-state index in [0.717, 1.165) is 5.69 Å². The number of carbonyl (C=O) groups excluding carboxylic acids is 1. The lowest BCUT2D eigenvalue weighted by Gasteiger charge is -2.34. The van der Waals surface area contributed by atoms with E-state index in [2.05, 4.69) is 5.10 Å². The van der Waals surface area contributed by atoms with E-state index >= 15 is 0 Å². The molecule has 0 spiro atoms. The molecule has 1 aliphatic heterocycles. The molecule has 1 amide bonds. The number of carbonyl (C=O) groups is 1. The molecule has 0 aliphatic carbocycles. The molecule has 26 heavy (non-hydrogen) atoms. The first kappa shape index (κ1) is 19.2. The fourth-order valence-corrected chi connectivity index (χ4v) is 5.48. The second kappa shape index (κ2) is 7.19. The number of sulfonamides is 1. The molecule has 0 radical (unpaired) electrons. The highest BCUT2D eigenvalue weighted by Crippen LogP contribution is 2.31. The van der Waals surface area contributed by atoms with Gasteiger partial charge in [0.2, 0.25) is 10.0 Å². The first-order chi connectivity index (χ1) is 12.2. The molecular weight excluding hydrogens is 399 g/mol. The number of hydrogen-bond acceptors (Lipinski definition) is 4. The summed E-state index contributed by atoms with van der Waals surface area (Å²) in [5.74, 6) is -0.166. The minimum absolute atomic E-state index is 0.0846. The molecule has 1 aliphatic rings. The Bertz CT molecular complexity index is 930. The van der Waals surface area contributed by atoms with Gasteiger partial charge in [-0.2, -0.15) is 9.40 Å². The summed E-state index contributed by atoms with van der Waals surface area (Å²) in [7, 11) is -2.12. The van der Waals surface area contributed by atoms with Gasteiger partial charge in [0.15, 0.2) is 0 Å². The van der Waals surface area contributed by atoms with Gasteiger partial charge in [0, 0.05) is 33.2 Å². The summed E-state index contributed by atoms with van der Waals surface area (Å²) in [6, 6.07) is 6.29. The maximum atomic E-state index is 12.9. The third-order valence-electron chi connectivity index (χ3n) is 4.26. The monoisotopic (exact) mass is 416 g/mol. The number of benzene rings is 1. The Morgan fingerprint density at radius 1 is 1.12 bits per heavy atom. The Morgan fingerprint density at radius 2 is 1.69 bits per heavy atom. The number of halogens is 2. The van der Waals surface area contributed by atoms with E-state index in [4.69, 9.17) is 23.2 Å². The summed E-state index contributed by atoms with van der Waals surface area (Å²) in [6.07, 6.45) is 0. The predicted molar refractivity (Wildman–Crippen MR) is 99.1 cm³/mol. The van der Waals surface area contributed by atoms with Gasteiger partial charge in [-0.3, -0.25) is 9.48 Å². The summed E-state index contributed by atoms with van der Waals surface area (Å²) in [5.41, 5.74) is 1.23. The molecule has 0 atom stereocenters. The second-order valence-corrected chi connectivity index (χ2v) is 8.73. The maximum absolute atomic E-state index is 12.9. The van der Waals surface area contributed by atoms with Gasteiger partial charge in [-0.25, -0.2) is 8.42 Å². The van der Waals surface area contributed by atoms with E-state index in [-0.39, 0.29) is 47.0 Å². The molecule has 0 bridgehead atoms. The molecular formula is C16H18Cl2N4O3S. The van der Waals surface area contributed by atoms with Gasteiger partial charge in [0.1, 0.15) is 10.6 Å². The van der Waals surface area contributed by atoms with Crippen molar-refractivity contribution in [1.29, 1.82) is 0 Å². The van der Waals surface area contributed by atoms with Gasteiger partial charge in [-0.1, -0.05) is 29.3 Å². The zero-order valence-electron chi connectivity index (χ0n) is 14.3. The molecule has 140 valence electrons. The van der Waals surface area contributed by atoms with Crippen LogP contribution < -0.4 is 0 Å². The Kier molecular flexibility index (Phi) is 5.30. The van der Waals surface area contributed by atoms with E-state index in [9.17, 15) is 13.2 Å². The number of piperazine rings is 1. The minimum atomic E-state index is -3.83. The number of rotatable bonds is 3. The van der Waals surface area contributed by atoms with Crippen molar-refractivity contribution in [3.8, 4) is 0 Å². The lowest BCUT2D eigenvalue weighted by atomic mass is 10.3. The lowest BCUT2D eigenvalue weighted by molar-refractivity contribution is 0.0687. The average Bonchev–Trinajstić information content (AvgIpc) is 2.92. The van der Waals surface area contributed by atoms with Crippen molar-refractivity contribution in [2.75, 3.05) is 26.2 Å². The number of aryl methyl sites for hydroxylation is 2. The summed E-state index contributed by atoms with van der Waals surface area (Å²) >= 11 is 12.1. The number of amides is 1. The zero-order chi connectivity index (χ0) is 19.1. The quantitative estimate of drug-likeness (QED) is 0.768. The Morgan fingerprint density at radius 3 is 2.19 bits per heavy atom. The van der Waals surface area contributed by atoms with Crippen LogP contribution in [0.3, 0.4) is 0 Å². The van der Waals surface area contributed by atoms with E-state index < -0.39 is 10.0 Å². The van der Waals surface area contributed by atoms with E-state index in [1.54, 1.807) is 24.1 Å². The minimum Gasteiger partial charge on any atom is -0.335 e. The van der Waals surface area contributed by atoms with Crippen LogP contribution in [0.4, 0.5) is 0 Å². The Labute approximate surface area is 162 Å². The number of aromatic nitrogens is 2. The molecule has 1 saturated heterocycles. The van der Waals surface area contributed by atoms with E-state index in [1.165, 1.54) is 21.1 Å². The van der Waals surface area contributed by atoms with Gasteiger partial charge >= 0.3 is 0 Å². The summed E-state index contributed by atoms with van der Waals surface area (Å²) in [5, 5.41) is 4.34. The average molecular weight is 417 g/mol. The normalized spacial score (nSPS) is 16.1. The highest BCUT2D eigenvalue weighted by Gasteiger charge is 2.33. The Hall–Kier alpha value is -1.61. The van der Waals surface area contributed by atoms with Gasteiger partial charge in [-0.05, 0) is 25.1 Å². The largest absolute Gasteiger partial charge is 0.335 e. The van der Waals surface area contributed by atoms with Gasteiger partial charge in [0.05, 0.1) is 15.7 Å². The van der Waals surface area contributed by atoms with Crippen molar-refractivity contribution in [2.24, 2.45) is 7.05 Å². The van der Waals surface area contributed by atoms with Crippen molar-refractivity contribution in [3.63, 3.8) is 0 Å². The molecule has 0 unspecified atom stereocenters. The first-order valence-corrected chi connectivity index (χ1v) is 10.2. The molecule has 7 nitrogen and oxygen atoms in total. The predicted octanol–water partition coefficient (Wildman–Crippen LogP) is 2.18. The topological polar surface area (TPSA) is 75.5 Å². The molecule has 2 heterocycles. The molecule has 10 heteroatoms. The van der Waals surface area contributed by atoms with Crippen LogP contribution in [0.15, 0.2) is 29.2 Å². The van der Waals surface area contributed by atoms with Crippen LogP contribution in [0.5, 0.6) is 0 Å². The van der Waals surface area contributed by atoms with Crippen LogP contribution in [0, 0.1) is 6.92 Å². The molecule has 0 N–H and O–H groups in total. The van der Waals surface area contributed by atoms with Crippen LogP contribution in [-0.2, 0) is 17.1 Å². The van der Waals surface area contributed by atoms with Crippen LogP contribution in [0.25, 0.3) is 0 Å². The molecule has 2 aromatic rings. The van der Waals surface area contributed by atoms with Crippen LogP contribution in [-0.4, -0.2) is 59.5 Å². The molecule has 1 fully saturated rings. The van der Waals surface area contributed by atoms with Crippen molar-refractivity contribution < 1.29 is 13.2 Å². The van der Waals surface area contributed by atoms with Gasteiger partial charge in [0.25, 0.3) is 5.91 Å². The molecule has 1 aromatic heterocycles. The number of nitrogens with zero attached hydrogens (tertiary/aromatic N) is 4. The van der Waals surface area contributed by atoms with Crippen molar-refractivity contribution in [1.82, 2.24) is 19.0 Å². The highest BCUT2D eigenvalue weighted by atomic mass is 35.5. The third-order valence-corrected chi connectivity index (χ3v) is 7.12. The van der Waals surface area contributed by atoms with Crippen LogP contribution >= 0.6 is 23.2 Å². The second-order valence-electron chi connectivity index (χ2n) is 6.04. The molecule has 0 saturated carbocycles. The summed E-state index contributed by atoms with van der Waals surface area (Å²) in [6.45, 7) is 2.72. The molecule has 1 aromatic carbocycles. The number of hydrogen-bond donors (Lipinski definition) is 0. The standard InChI is InChI=1S/C16H18Cl2N4O3S/c1-11-10-14(20(2)19-11)16(23)21-6-8-22(9-7-21)26(24,25)15-12(17)4-3-5-13(15)18/h3-5,10H,6-9H2,1-2H3. The first-order valence-electron chi connectivity index (χ1n) is 7.96. The van der Waals surface area contributed by atoms with E-state index in [0.29, 0.717) is 5.69 Å². The van der Waals surface area contributed by atoms with Crippen molar-refractivity contribution in [3.05, 3.63) is 45.7 Å². The zero-order valence-corrected chi connectivity index (χ0v) is 16.6. The van der Waals surface area contributed by atoms with E-state index in [1.807, 2.05) is 6.92 Å².